The quantitative estimate of drug-likeness (QED) is 0.645. The van der Waals surface area contributed by atoms with Crippen molar-refractivity contribution >= 4 is 27.7 Å². The molecule has 0 spiro atoms. The van der Waals surface area contributed by atoms with Crippen molar-refractivity contribution in [2.75, 3.05) is 26.2 Å². The highest BCUT2D eigenvalue weighted by Gasteiger charge is 2.24. The van der Waals surface area contributed by atoms with E-state index in [4.69, 9.17) is 0 Å². The van der Waals surface area contributed by atoms with Crippen molar-refractivity contribution in [3.8, 4) is 0 Å². The monoisotopic (exact) mass is 262 g/mol. The topological polar surface area (TPSA) is 40.6 Å². The summed E-state index contributed by atoms with van der Waals surface area (Å²) in [7, 11) is 0. The molecule has 1 unspecified atom stereocenters. The number of alkyl halides is 1. The van der Waals surface area contributed by atoms with E-state index in [-0.39, 0.29) is 16.6 Å². The first-order valence-corrected chi connectivity index (χ1v) is 5.62. The van der Waals surface area contributed by atoms with E-state index in [1.807, 2.05) is 6.92 Å². The third-order valence-electron chi connectivity index (χ3n) is 2.38. The van der Waals surface area contributed by atoms with E-state index >= 15 is 0 Å². The van der Waals surface area contributed by atoms with Gasteiger partial charge in [0, 0.05) is 33.1 Å². The molecule has 0 N–H and O–H groups in total. The first kappa shape index (κ1) is 11.5. The lowest BCUT2D eigenvalue weighted by molar-refractivity contribution is -0.137. The van der Waals surface area contributed by atoms with Gasteiger partial charge in [0.05, 0.1) is 4.83 Å². The molecule has 80 valence electrons. The van der Waals surface area contributed by atoms with Gasteiger partial charge in [-0.3, -0.25) is 9.59 Å². The van der Waals surface area contributed by atoms with Crippen LogP contribution >= 0.6 is 15.9 Å². The maximum Gasteiger partial charge on any atom is 0.236 e. The van der Waals surface area contributed by atoms with Crippen molar-refractivity contribution in [1.29, 1.82) is 0 Å². The first-order chi connectivity index (χ1) is 6.52. The Kier molecular flexibility index (Phi) is 3.92. The summed E-state index contributed by atoms with van der Waals surface area (Å²) in [6, 6.07) is 0. The lowest BCUT2D eigenvalue weighted by Gasteiger charge is -2.34. The summed E-state index contributed by atoms with van der Waals surface area (Å²) in [6.45, 7) is 5.98. The SMILES string of the molecule is CC(=O)N1CCN(C(=O)C(C)Br)CC1. The highest BCUT2D eigenvalue weighted by molar-refractivity contribution is 9.10. The molecule has 0 aromatic carbocycles. The molecule has 1 rings (SSSR count). The second kappa shape index (κ2) is 4.77. The molecule has 1 heterocycles. The minimum absolute atomic E-state index is 0.0870. The van der Waals surface area contributed by atoms with Gasteiger partial charge in [-0.15, -0.1) is 0 Å². The summed E-state index contributed by atoms with van der Waals surface area (Å²) in [5.74, 6) is 0.192. The summed E-state index contributed by atoms with van der Waals surface area (Å²) in [5.41, 5.74) is 0. The molecule has 1 atom stereocenters. The first-order valence-electron chi connectivity index (χ1n) is 4.70. The van der Waals surface area contributed by atoms with Gasteiger partial charge in [-0.2, -0.15) is 0 Å². The molecule has 1 aliphatic rings. The number of carbonyl (C=O) groups is 2. The normalized spacial score (nSPS) is 19.4. The van der Waals surface area contributed by atoms with E-state index in [0.29, 0.717) is 26.2 Å². The van der Waals surface area contributed by atoms with Crippen molar-refractivity contribution < 1.29 is 9.59 Å². The Morgan fingerprint density at radius 1 is 1.14 bits per heavy atom. The molecule has 1 fully saturated rings. The van der Waals surface area contributed by atoms with Crippen LogP contribution in [0.4, 0.5) is 0 Å². The Labute approximate surface area is 92.4 Å². The van der Waals surface area contributed by atoms with Gasteiger partial charge in [0.15, 0.2) is 0 Å². The van der Waals surface area contributed by atoms with E-state index in [9.17, 15) is 9.59 Å². The number of amides is 2. The summed E-state index contributed by atoms with van der Waals surface area (Å²) < 4.78 is 0. The molecule has 1 saturated heterocycles. The van der Waals surface area contributed by atoms with Crippen LogP contribution in [0.25, 0.3) is 0 Å². The van der Waals surface area contributed by atoms with Gasteiger partial charge in [0.25, 0.3) is 0 Å². The molecule has 0 radical (unpaired) electrons. The fourth-order valence-electron chi connectivity index (χ4n) is 1.49. The molecule has 0 aromatic heterocycles. The summed E-state index contributed by atoms with van der Waals surface area (Å²) in [5, 5.41) is 0. The van der Waals surface area contributed by atoms with Gasteiger partial charge in [0.2, 0.25) is 11.8 Å². The molecule has 1 aliphatic heterocycles. The second-order valence-corrected chi connectivity index (χ2v) is 4.82. The van der Waals surface area contributed by atoms with Crippen LogP contribution in [0.5, 0.6) is 0 Å². The molecular formula is C9H15BrN2O2. The van der Waals surface area contributed by atoms with Crippen LogP contribution in [0.3, 0.4) is 0 Å². The number of piperazine rings is 1. The van der Waals surface area contributed by atoms with Crippen LogP contribution in [-0.4, -0.2) is 52.6 Å². The van der Waals surface area contributed by atoms with Crippen molar-refractivity contribution in [2.24, 2.45) is 0 Å². The molecule has 0 bridgehead atoms. The fraction of sp³-hybridized carbons (Fsp3) is 0.778. The highest BCUT2D eigenvalue weighted by Crippen LogP contribution is 2.08. The Hall–Kier alpha value is -0.580. The van der Waals surface area contributed by atoms with Crippen LogP contribution in [0.1, 0.15) is 13.8 Å². The zero-order valence-corrected chi connectivity index (χ0v) is 10.1. The standard InChI is InChI=1S/C9H15BrN2O2/c1-7(10)9(14)12-5-3-11(4-6-12)8(2)13/h7H,3-6H2,1-2H3. The van der Waals surface area contributed by atoms with Crippen LogP contribution < -0.4 is 0 Å². The number of hydrogen-bond acceptors (Lipinski definition) is 2. The Bertz CT molecular complexity index is 235. The van der Waals surface area contributed by atoms with Crippen molar-refractivity contribution in [3.05, 3.63) is 0 Å². The van der Waals surface area contributed by atoms with E-state index < -0.39 is 0 Å². The number of carbonyl (C=O) groups excluding carboxylic acids is 2. The predicted octanol–water partition coefficient (Wildman–Crippen LogP) is 0.460. The van der Waals surface area contributed by atoms with Gasteiger partial charge in [-0.05, 0) is 6.92 Å². The number of halogens is 1. The summed E-state index contributed by atoms with van der Waals surface area (Å²) in [6.07, 6.45) is 0. The van der Waals surface area contributed by atoms with E-state index in [1.165, 1.54) is 0 Å². The van der Waals surface area contributed by atoms with Crippen LogP contribution in [0.2, 0.25) is 0 Å². The Balaban J connectivity index is 2.43. The zero-order valence-electron chi connectivity index (χ0n) is 8.49. The average molecular weight is 263 g/mol. The lowest BCUT2D eigenvalue weighted by atomic mass is 10.3. The molecular weight excluding hydrogens is 248 g/mol. The van der Waals surface area contributed by atoms with Gasteiger partial charge >= 0.3 is 0 Å². The average Bonchev–Trinajstić information content (AvgIpc) is 2.16. The molecule has 4 nitrogen and oxygen atoms in total. The van der Waals surface area contributed by atoms with E-state index in [2.05, 4.69) is 15.9 Å². The minimum Gasteiger partial charge on any atom is -0.339 e. The maximum atomic E-state index is 11.6. The maximum absolute atomic E-state index is 11.6. The van der Waals surface area contributed by atoms with Crippen molar-refractivity contribution in [2.45, 2.75) is 18.7 Å². The number of rotatable bonds is 1. The highest BCUT2D eigenvalue weighted by atomic mass is 79.9. The third kappa shape index (κ3) is 2.70. The van der Waals surface area contributed by atoms with Gasteiger partial charge in [0.1, 0.15) is 0 Å². The van der Waals surface area contributed by atoms with E-state index in [1.54, 1.807) is 16.7 Å². The van der Waals surface area contributed by atoms with Crippen LogP contribution in [0, 0.1) is 0 Å². The largest absolute Gasteiger partial charge is 0.339 e. The van der Waals surface area contributed by atoms with Gasteiger partial charge in [-0.1, -0.05) is 15.9 Å². The third-order valence-corrected chi connectivity index (χ3v) is 2.77. The smallest absolute Gasteiger partial charge is 0.236 e. The molecule has 2 amide bonds. The Morgan fingerprint density at radius 3 is 1.93 bits per heavy atom. The number of nitrogens with zero attached hydrogens (tertiary/aromatic N) is 2. The van der Waals surface area contributed by atoms with Crippen LogP contribution in [-0.2, 0) is 9.59 Å². The van der Waals surface area contributed by atoms with Gasteiger partial charge in [-0.25, -0.2) is 0 Å². The van der Waals surface area contributed by atoms with Gasteiger partial charge < -0.3 is 9.80 Å². The van der Waals surface area contributed by atoms with Crippen LogP contribution in [0.15, 0.2) is 0 Å². The molecule has 0 aliphatic carbocycles. The fourth-order valence-corrected chi connectivity index (χ4v) is 1.78. The second-order valence-electron chi connectivity index (χ2n) is 3.45. The molecule has 14 heavy (non-hydrogen) atoms. The van der Waals surface area contributed by atoms with Crippen molar-refractivity contribution in [3.63, 3.8) is 0 Å². The van der Waals surface area contributed by atoms with Crippen molar-refractivity contribution in [1.82, 2.24) is 9.80 Å². The Morgan fingerprint density at radius 2 is 1.57 bits per heavy atom. The molecule has 0 aromatic rings. The summed E-state index contributed by atoms with van der Waals surface area (Å²) >= 11 is 3.25. The summed E-state index contributed by atoms with van der Waals surface area (Å²) in [4.78, 5) is 26.0. The number of hydrogen-bond donors (Lipinski definition) is 0. The predicted molar refractivity (Wildman–Crippen MR) is 57.2 cm³/mol. The molecule has 5 heteroatoms. The van der Waals surface area contributed by atoms with E-state index in [0.717, 1.165) is 0 Å². The minimum atomic E-state index is -0.133. The zero-order chi connectivity index (χ0) is 10.7. The molecule has 0 saturated carbocycles. The lowest BCUT2D eigenvalue weighted by Crippen LogP contribution is -2.51.